The zero-order valence-corrected chi connectivity index (χ0v) is 13.1. The summed E-state index contributed by atoms with van der Waals surface area (Å²) in [5.41, 5.74) is 4.76. The first-order valence-electron chi connectivity index (χ1n) is 6.88. The zero-order valence-electron chi connectivity index (χ0n) is 12.2. The minimum Gasteiger partial charge on any atom is -0.459 e. The Morgan fingerprint density at radius 2 is 2.00 bits per heavy atom. The topological polar surface area (TPSA) is 117 Å². The second kappa shape index (κ2) is 7.01. The van der Waals surface area contributed by atoms with Gasteiger partial charge < -0.3 is 9.40 Å². The van der Waals surface area contributed by atoms with Crippen molar-refractivity contribution in [2.75, 3.05) is 5.75 Å². The molecule has 0 saturated carbocycles. The molecule has 0 aliphatic carbocycles. The SMILES string of the molecule is O=C(CSc1nc2ccccc2c(=O)[nH]1)NNC(=O)c1ccco1. The molecule has 0 fully saturated rings. The number of thioether (sulfide) groups is 1. The van der Waals surface area contributed by atoms with E-state index in [-0.39, 0.29) is 17.1 Å². The summed E-state index contributed by atoms with van der Waals surface area (Å²) in [6.45, 7) is 0. The summed E-state index contributed by atoms with van der Waals surface area (Å²) in [7, 11) is 0. The fourth-order valence-electron chi connectivity index (χ4n) is 1.90. The van der Waals surface area contributed by atoms with Crippen LogP contribution in [0.15, 0.2) is 57.0 Å². The molecule has 24 heavy (non-hydrogen) atoms. The van der Waals surface area contributed by atoms with Crippen LogP contribution < -0.4 is 16.4 Å². The number of aromatic nitrogens is 2. The van der Waals surface area contributed by atoms with E-state index in [1.807, 2.05) is 0 Å². The predicted molar refractivity (Wildman–Crippen MR) is 87.4 cm³/mol. The van der Waals surface area contributed by atoms with E-state index in [4.69, 9.17) is 4.42 Å². The Bertz CT molecular complexity index is 936. The summed E-state index contributed by atoms with van der Waals surface area (Å²) in [5.74, 6) is -0.950. The number of nitrogens with one attached hydrogen (secondary N) is 3. The van der Waals surface area contributed by atoms with Crippen molar-refractivity contribution in [3.8, 4) is 0 Å². The summed E-state index contributed by atoms with van der Waals surface area (Å²) in [4.78, 5) is 42.1. The largest absolute Gasteiger partial charge is 0.459 e. The van der Waals surface area contributed by atoms with Gasteiger partial charge in [0.15, 0.2) is 10.9 Å². The third-order valence-corrected chi connectivity index (χ3v) is 3.86. The summed E-state index contributed by atoms with van der Waals surface area (Å²) in [5, 5.41) is 0.809. The Kier molecular flexibility index (Phi) is 4.62. The number of H-pyrrole nitrogens is 1. The number of aromatic amines is 1. The maximum atomic E-state index is 11.9. The molecule has 0 aliphatic rings. The lowest BCUT2D eigenvalue weighted by atomic mass is 10.2. The average Bonchev–Trinajstić information content (AvgIpc) is 3.12. The lowest BCUT2D eigenvalue weighted by Crippen LogP contribution is -2.42. The second-order valence-electron chi connectivity index (χ2n) is 4.66. The number of hydrogen-bond acceptors (Lipinski definition) is 6. The smallest absolute Gasteiger partial charge is 0.305 e. The van der Waals surface area contributed by atoms with Gasteiger partial charge in [-0.05, 0) is 24.3 Å². The van der Waals surface area contributed by atoms with Crippen LogP contribution in [0.3, 0.4) is 0 Å². The van der Waals surface area contributed by atoms with Crippen LogP contribution in [0.4, 0.5) is 0 Å². The van der Waals surface area contributed by atoms with Crippen LogP contribution >= 0.6 is 11.8 Å². The van der Waals surface area contributed by atoms with E-state index in [9.17, 15) is 14.4 Å². The van der Waals surface area contributed by atoms with Crippen LogP contribution in [0.25, 0.3) is 10.9 Å². The van der Waals surface area contributed by atoms with Crippen LogP contribution in [0.5, 0.6) is 0 Å². The number of rotatable bonds is 4. The van der Waals surface area contributed by atoms with Gasteiger partial charge in [-0.25, -0.2) is 4.98 Å². The van der Waals surface area contributed by atoms with Gasteiger partial charge in [0.05, 0.1) is 22.9 Å². The third-order valence-electron chi connectivity index (χ3n) is 2.99. The van der Waals surface area contributed by atoms with Gasteiger partial charge in [0.2, 0.25) is 5.91 Å². The first kappa shape index (κ1) is 15.8. The maximum absolute atomic E-state index is 11.9. The quantitative estimate of drug-likeness (QED) is 0.370. The van der Waals surface area contributed by atoms with Crippen LogP contribution in [-0.2, 0) is 4.79 Å². The monoisotopic (exact) mass is 344 g/mol. The average molecular weight is 344 g/mol. The fraction of sp³-hybridized carbons (Fsp3) is 0.0667. The number of carbonyl (C=O) groups excluding carboxylic acids is 2. The van der Waals surface area contributed by atoms with E-state index in [1.165, 1.54) is 12.3 Å². The molecule has 2 heterocycles. The van der Waals surface area contributed by atoms with Gasteiger partial charge in [-0.2, -0.15) is 0 Å². The van der Waals surface area contributed by atoms with E-state index in [0.717, 1.165) is 11.8 Å². The molecule has 1 aromatic carbocycles. The van der Waals surface area contributed by atoms with E-state index >= 15 is 0 Å². The molecule has 8 nitrogen and oxygen atoms in total. The normalized spacial score (nSPS) is 10.5. The number of fused-ring (bicyclic) bond motifs is 1. The number of hydrogen-bond donors (Lipinski definition) is 3. The Morgan fingerprint density at radius 1 is 1.17 bits per heavy atom. The number of amides is 2. The van der Waals surface area contributed by atoms with Gasteiger partial charge in [-0.1, -0.05) is 23.9 Å². The Hall–Kier alpha value is -3.07. The van der Waals surface area contributed by atoms with Crippen LogP contribution in [0, 0.1) is 0 Å². The number of para-hydroxylation sites is 1. The maximum Gasteiger partial charge on any atom is 0.305 e. The molecule has 0 unspecified atom stereocenters. The van der Waals surface area contributed by atoms with Crippen molar-refractivity contribution in [3.63, 3.8) is 0 Å². The zero-order chi connectivity index (χ0) is 16.9. The molecule has 3 rings (SSSR count). The van der Waals surface area contributed by atoms with Crippen molar-refractivity contribution in [1.82, 2.24) is 20.8 Å². The molecule has 3 aromatic rings. The molecule has 0 radical (unpaired) electrons. The van der Waals surface area contributed by atoms with Gasteiger partial charge in [-0.3, -0.25) is 25.2 Å². The van der Waals surface area contributed by atoms with Gasteiger partial charge in [0.1, 0.15) is 0 Å². The van der Waals surface area contributed by atoms with Crippen LogP contribution in [-0.4, -0.2) is 27.5 Å². The lowest BCUT2D eigenvalue weighted by Gasteiger charge is -2.06. The van der Waals surface area contributed by atoms with Gasteiger partial charge >= 0.3 is 5.91 Å². The van der Waals surface area contributed by atoms with Crippen molar-refractivity contribution in [2.45, 2.75) is 5.16 Å². The lowest BCUT2D eigenvalue weighted by molar-refractivity contribution is -0.119. The van der Waals surface area contributed by atoms with E-state index in [0.29, 0.717) is 16.1 Å². The molecular weight excluding hydrogens is 332 g/mol. The number of benzene rings is 1. The van der Waals surface area contributed by atoms with Gasteiger partial charge in [-0.15, -0.1) is 0 Å². The second-order valence-corrected chi connectivity index (χ2v) is 5.62. The highest BCUT2D eigenvalue weighted by Crippen LogP contribution is 2.14. The van der Waals surface area contributed by atoms with E-state index < -0.39 is 11.8 Å². The Morgan fingerprint density at radius 3 is 2.79 bits per heavy atom. The van der Waals surface area contributed by atoms with Crippen LogP contribution in [0.1, 0.15) is 10.6 Å². The highest BCUT2D eigenvalue weighted by Gasteiger charge is 2.11. The predicted octanol–water partition coefficient (Wildman–Crippen LogP) is 1.07. The molecule has 2 aromatic heterocycles. The highest BCUT2D eigenvalue weighted by atomic mass is 32.2. The number of nitrogens with zero attached hydrogens (tertiary/aromatic N) is 1. The first-order valence-corrected chi connectivity index (χ1v) is 7.86. The van der Waals surface area contributed by atoms with E-state index in [2.05, 4.69) is 20.8 Å². The highest BCUT2D eigenvalue weighted by molar-refractivity contribution is 7.99. The molecule has 0 bridgehead atoms. The van der Waals surface area contributed by atoms with Gasteiger partial charge in [0.25, 0.3) is 5.56 Å². The molecule has 0 atom stereocenters. The van der Waals surface area contributed by atoms with Crippen molar-refractivity contribution in [3.05, 3.63) is 58.8 Å². The molecule has 0 spiro atoms. The molecular formula is C15H12N4O4S. The van der Waals surface area contributed by atoms with Crippen molar-refractivity contribution in [1.29, 1.82) is 0 Å². The number of carbonyl (C=O) groups is 2. The molecule has 0 saturated heterocycles. The molecule has 9 heteroatoms. The minimum absolute atomic E-state index is 0.0281. The van der Waals surface area contributed by atoms with Gasteiger partial charge in [0, 0.05) is 0 Å². The summed E-state index contributed by atoms with van der Waals surface area (Å²) in [6, 6.07) is 9.96. The minimum atomic E-state index is -0.560. The Labute approximate surface area is 139 Å². The number of furan rings is 1. The van der Waals surface area contributed by atoms with E-state index in [1.54, 1.807) is 30.3 Å². The van der Waals surface area contributed by atoms with Crippen LogP contribution in [0.2, 0.25) is 0 Å². The van der Waals surface area contributed by atoms with Crippen molar-refractivity contribution in [2.24, 2.45) is 0 Å². The molecule has 122 valence electrons. The Balaban J connectivity index is 1.56. The number of hydrazine groups is 1. The summed E-state index contributed by atoms with van der Waals surface area (Å²) >= 11 is 1.05. The standard InChI is InChI=1S/C15H12N4O4S/c20-12(18-19-14(22)11-6-3-7-23-11)8-24-15-16-10-5-2-1-4-9(10)13(21)17-15/h1-7H,8H2,(H,18,20)(H,19,22)(H,16,17,21). The van der Waals surface area contributed by atoms with Crippen molar-refractivity contribution >= 4 is 34.5 Å². The first-order chi connectivity index (χ1) is 11.6. The molecule has 2 amide bonds. The van der Waals surface area contributed by atoms with Crippen molar-refractivity contribution < 1.29 is 14.0 Å². The third kappa shape index (κ3) is 3.63. The fourth-order valence-corrected chi connectivity index (χ4v) is 2.57. The molecule has 0 aliphatic heterocycles. The summed E-state index contributed by atoms with van der Waals surface area (Å²) < 4.78 is 4.89. The summed E-state index contributed by atoms with van der Waals surface area (Å²) in [6.07, 6.45) is 1.36. The molecule has 3 N–H and O–H groups in total.